The first-order valence-corrected chi connectivity index (χ1v) is 9.23. The zero-order valence-electron chi connectivity index (χ0n) is 15.0. The van der Waals surface area contributed by atoms with Crippen LogP contribution in [0.2, 0.25) is 0 Å². The highest BCUT2D eigenvalue weighted by molar-refractivity contribution is 5.91. The summed E-state index contributed by atoms with van der Waals surface area (Å²) in [7, 11) is 0. The predicted molar refractivity (Wildman–Crippen MR) is 110 cm³/mol. The lowest BCUT2D eigenvalue weighted by atomic mass is 10.0. The molecule has 27 heavy (non-hydrogen) atoms. The maximum absolute atomic E-state index is 13.8. The van der Waals surface area contributed by atoms with Crippen molar-refractivity contribution in [3.05, 3.63) is 96.4 Å². The molecule has 1 N–H and O–H groups in total. The van der Waals surface area contributed by atoms with Gasteiger partial charge in [-0.25, -0.2) is 4.39 Å². The van der Waals surface area contributed by atoms with Crippen LogP contribution in [-0.4, -0.2) is 11.5 Å². The molecule has 1 heterocycles. The molecule has 4 aromatic rings. The van der Waals surface area contributed by atoms with Crippen LogP contribution < -0.4 is 5.32 Å². The first-order chi connectivity index (χ1) is 13.3. The van der Waals surface area contributed by atoms with Gasteiger partial charge in [0.15, 0.2) is 0 Å². The molecule has 0 bridgehead atoms. The molecule has 0 aliphatic rings. The summed E-state index contributed by atoms with van der Waals surface area (Å²) in [5.74, 6) is -0.283. The van der Waals surface area contributed by atoms with Gasteiger partial charge >= 0.3 is 0 Å². The van der Waals surface area contributed by atoms with E-state index in [1.807, 2.05) is 18.2 Å². The predicted octanol–water partition coefficient (Wildman–Crippen LogP) is 6.09. The van der Waals surface area contributed by atoms with Crippen LogP contribution in [0.15, 0.2) is 85.1 Å². The summed E-state index contributed by atoms with van der Waals surface area (Å²) in [5.41, 5.74) is 5.14. The quantitative estimate of drug-likeness (QED) is 0.423. The number of nitrogens with zero attached hydrogens (tertiary/aromatic N) is 1. The zero-order valence-corrected chi connectivity index (χ0v) is 15.0. The minimum Gasteiger partial charge on any atom is -0.384 e. The van der Waals surface area contributed by atoms with Crippen molar-refractivity contribution in [3.63, 3.8) is 0 Å². The third-order valence-corrected chi connectivity index (χ3v) is 4.74. The largest absolute Gasteiger partial charge is 0.384 e. The molecule has 0 radical (unpaired) electrons. The molecule has 0 spiro atoms. The third kappa shape index (κ3) is 3.98. The van der Waals surface area contributed by atoms with Crippen LogP contribution in [0, 0.1) is 5.82 Å². The van der Waals surface area contributed by atoms with Gasteiger partial charge in [-0.05, 0) is 41.7 Å². The fourth-order valence-electron chi connectivity index (χ4n) is 3.30. The van der Waals surface area contributed by atoms with E-state index >= 15 is 0 Å². The van der Waals surface area contributed by atoms with Crippen LogP contribution in [0.5, 0.6) is 0 Å². The maximum atomic E-state index is 13.8. The Morgan fingerprint density at radius 1 is 0.778 bits per heavy atom. The lowest BCUT2D eigenvalue weighted by Gasteiger charge is -2.10. The van der Waals surface area contributed by atoms with E-state index in [1.54, 1.807) is 12.3 Å². The smallest absolute Gasteiger partial charge is 0.149 e. The van der Waals surface area contributed by atoms with Gasteiger partial charge in [0, 0.05) is 23.8 Å². The molecule has 0 atom stereocenters. The van der Waals surface area contributed by atoms with Crippen LogP contribution in [-0.2, 0) is 6.42 Å². The topological polar surface area (TPSA) is 24.9 Å². The van der Waals surface area contributed by atoms with Gasteiger partial charge in [-0.3, -0.25) is 4.98 Å². The number of anilines is 1. The van der Waals surface area contributed by atoms with Crippen LogP contribution in [0.4, 0.5) is 10.1 Å². The second kappa shape index (κ2) is 8.00. The van der Waals surface area contributed by atoms with E-state index in [1.165, 1.54) is 22.8 Å². The summed E-state index contributed by atoms with van der Waals surface area (Å²) >= 11 is 0. The number of hydrogen-bond donors (Lipinski definition) is 1. The number of para-hydroxylation sites is 1. The number of benzene rings is 3. The Morgan fingerprint density at radius 2 is 1.56 bits per heavy atom. The number of aromatic nitrogens is 1. The Bertz CT molecular complexity index is 1030. The number of fused-ring (bicyclic) bond motifs is 1. The van der Waals surface area contributed by atoms with Crippen molar-refractivity contribution in [2.45, 2.75) is 12.8 Å². The number of halogens is 1. The summed E-state index contributed by atoms with van der Waals surface area (Å²) in [6.45, 7) is 0.829. The van der Waals surface area contributed by atoms with E-state index in [0.717, 1.165) is 30.5 Å². The van der Waals surface area contributed by atoms with Gasteiger partial charge in [-0.1, -0.05) is 66.7 Å². The molecular weight excluding hydrogens is 335 g/mol. The average molecular weight is 356 g/mol. The zero-order chi connectivity index (χ0) is 18.5. The number of rotatable bonds is 6. The highest BCUT2D eigenvalue weighted by Crippen LogP contribution is 2.23. The molecular formula is C24H21FN2. The molecule has 0 amide bonds. The van der Waals surface area contributed by atoms with Gasteiger partial charge in [0.05, 0.1) is 0 Å². The number of nitrogens with one attached hydrogen (secondary N) is 1. The molecule has 4 rings (SSSR count). The van der Waals surface area contributed by atoms with Gasteiger partial charge in [-0.2, -0.15) is 0 Å². The third-order valence-electron chi connectivity index (χ3n) is 4.74. The van der Waals surface area contributed by atoms with Crippen molar-refractivity contribution in [1.29, 1.82) is 0 Å². The Kier molecular flexibility index (Phi) is 5.10. The standard InChI is InChI=1S/C24H21FN2/c25-22-10-4-9-21-23(15-17-27-24(21)22)26-16-5-6-18-11-13-20(14-12-18)19-7-2-1-3-8-19/h1-4,7-15,17H,5-6,16H2,(H,26,27). The highest BCUT2D eigenvalue weighted by Gasteiger charge is 2.05. The summed E-state index contributed by atoms with van der Waals surface area (Å²) in [6, 6.07) is 26.1. The van der Waals surface area contributed by atoms with Gasteiger partial charge in [0.25, 0.3) is 0 Å². The van der Waals surface area contributed by atoms with Crippen molar-refractivity contribution < 1.29 is 4.39 Å². The highest BCUT2D eigenvalue weighted by atomic mass is 19.1. The van der Waals surface area contributed by atoms with Crippen molar-refractivity contribution in [2.24, 2.45) is 0 Å². The van der Waals surface area contributed by atoms with Crippen LogP contribution in [0.25, 0.3) is 22.0 Å². The Morgan fingerprint density at radius 3 is 2.37 bits per heavy atom. The fraction of sp³-hybridized carbons (Fsp3) is 0.125. The summed E-state index contributed by atoms with van der Waals surface area (Å²) in [4.78, 5) is 4.14. The summed E-state index contributed by atoms with van der Waals surface area (Å²) < 4.78 is 13.8. The van der Waals surface area contributed by atoms with Crippen molar-refractivity contribution >= 4 is 16.6 Å². The van der Waals surface area contributed by atoms with Gasteiger partial charge in [0.1, 0.15) is 11.3 Å². The van der Waals surface area contributed by atoms with Crippen molar-refractivity contribution in [1.82, 2.24) is 4.98 Å². The first-order valence-electron chi connectivity index (χ1n) is 9.23. The lowest BCUT2D eigenvalue weighted by molar-refractivity contribution is 0.637. The minimum absolute atomic E-state index is 0.283. The molecule has 0 aliphatic carbocycles. The molecule has 3 aromatic carbocycles. The molecule has 0 aliphatic heterocycles. The number of hydrogen-bond acceptors (Lipinski definition) is 2. The van der Waals surface area contributed by atoms with E-state index in [4.69, 9.17) is 0 Å². The van der Waals surface area contributed by atoms with E-state index < -0.39 is 0 Å². The molecule has 0 saturated carbocycles. The second-order valence-corrected chi connectivity index (χ2v) is 6.59. The van der Waals surface area contributed by atoms with E-state index in [0.29, 0.717) is 5.52 Å². The minimum atomic E-state index is -0.283. The fourth-order valence-corrected chi connectivity index (χ4v) is 3.30. The maximum Gasteiger partial charge on any atom is 0.149 e. The van der Waals surface area contributed by atoms with Crippen LogP contribution >= 0.6 is 0 Å². The number of pyridine rings is 1. The summed E-state index contributed by atoms with van der Waals surface area (Å²) in [5, 5.41) is 4.24. The second-order valence-electron chi connectivity index (χ2n) is 6.59. The van der Waals surface area contributed by atoms with E-state index in [9.17, 15) is 4.39 Å². The normalized spacial score (nSPS) is 10.9. The van der Waals surface area contributed by atoms with Gasteiger partial charge in [-0.15, -0.1) is 0 Å². The molecule has 2 nitrogen and oxygen atoms in total. The number of aryl methyl sites for hydroxylation is 1. The van der Waals surface area contributed by atoms with Crippen molar-refractivity contribution in [2.75, 3.05) is 11.9 Å². The monoisotopic (exact) mass is 356 g/mol. The molecule has 0 unspecified atom stereocenters. The van der Waals surface area contributed by atoms with Gasteiger partial charge in [0.2, 0.25) is 0 Å². The van der Waals surface area contributed by atoms with Gasteiger partial charge < -0.3 is 5.32 Å². The van der Waals surface area contributed by atoms with Crippen molar-refractivity contribution in [3.8, 4) is 11.1 Å². The Labute approximate surface area is 158 Å². The molecule has 134 valence electrons. The molecule has 0 fully saturated rings. The first kappa shape index (κ1) is 17.2. The Balaban J connectivity index is 1.35. The van der Waals surface area contributed by atoms with E-state index in [2.05, 4.69) is 58.8 Å². The van der Waals surface area contributed by atoms with E-state index in [-0.39, 0.29) is 5.82 Å². The Hall–Kier alpha value is -3.20. The SMILES string of the molecule is Fc1cccc2c(NCCCc3ccc(-c4ccccc4)cc3)ccnc12. The van der Waals surface area contributed by atoms with Crippen LogP contribution in [0.1, 0.15) is 12.0 Å². The molecule has 0 saturated heterocycles. The average Bonchev–Trinajstić information content (AvgIpc) is 2.73. The van der Waals surface area contributed by atoms with Crippen LogP contribution in [0.3, 0.4) is 0 Å². The summed E-state index contributed by atoms with van der Waals surface area (Å²) in [6.07, 6.45) is 3.65. The molecule has 3 heteroatoms. The molecule has 1 aromatic heterocycles. The lowest BCUT2D eigenvalue weighted by Crippen LogP contribution is -2.04.